The van der Waals surface area contributed by atoms with E-state index in [2.05, 4.69) is 5.32 Å². The molecule has 104 valence electrons. The Kier molecular flexibility index (Phi) is 5.10. The first-order valence-corrected chi connectivity index (χ1v) is 7.58. The molecule has 1 heterocycles. The van der Waals surface area contributed by atoms with Gasteiger partial charge >= 0.3 is 0 Å². The number of nitrogens with one attached hydrogen (secondary N) is 1. The van der Waals surface area contributed by atoms with E-state index in [-0.39, 0.29) is 17.8 Å². The molecule has 1 saturated heterocycles. The van der Waals surface area contributed by atoms with Gasteiger partial charge in [0.25, 0.3) is 0 Å². The summed E-state index contributed by atoms with van der Waals surface area (Å²) < 4.78 is 5.41. The number of rotatable bonds is 5. The second kappa shape index (κ2) is 6.82. The third-order valence-corrected chi connectivity index (χ3v) is 4.40. The number of hydrogen-bond acceptors (Lipinski definition) is 4. The predicted octanol–water partition coefficient (Wildman–Crippen LogP) is 2.41. The van der Waals surface area contributed by atoms with Crippen molar-refractivity contribution in [3.05, 3.63) is 23.8 Å². The lowest BCUT2D eigenvalue weighted by atomic mass is 10.1. The Morgan fingerprint density at radius 1 is 1.58 bits per heavy atom. The van der Waals surface area contributed by atoms with Crippen LogP contribution < -0.4 is 10.1 Å². The Balaban J connectivity index is 2.05. The number of aliphatic hydroxyl groups is 1. The van der Waals surface area contributed by atoms with E-state index in [4.69, 9.17) is 4.74 Å². The number of aliphatic hydroxyl groups excluding tert-OH is 1. The van der Waals surface area contributed by atoms with Crippen molar-refractivity contribution < 1.29 is 14.6 Å². The van der Waals surface area contributed by atoms with Gasteiger partial charge in [0.05, 0.1) is 18.5 Å². The largest absolute Gasteiger partial charge is 0.494 e. The zero-order chi connectivity index (χ0) is 13.7. The molecule has 2 N–H and O–H groups in total. The molecule has 1 amide bonds. The Hall–Kier alpha value is -1.20. The van der Waals surface area contributed by atoms with Gasteiger partial charge in [0, 0.05) is 11.3 Å². The second-order valence-electron chi connectivity index (χ2n) is 4.40. The van der Waals surface area contributed by atoms with Gasteiger partial charge in [-0.05, 0) is 43.7 Å². The number of thioether (sulfide) groups is 1. The molecule has 4 nitrogen and oxygen atoms in total. The fourth-order valence-corrected chi connectivity index (χ4v) is 3.25. The summed E-state index contributed by atoms with van der Waals surface area (Å²) in [7, 11) is 0. The molecule has 1 aromatic carbocycles. The number of ether oxygens (including phenoxy) is 1. The van der Waals surface area contributed by atoms with E-state index in [0.717, 1.165) is 18.6 Å². The number of amides is 1. The van der Waals surface area contributed by atoms with Gasteiger partial charge in [-0.2, -0.15) is 0 Å². The SMILES string of the molecule is CCOc1ccc(NC(=O)C2CCCS2)cc1CO. The smallest absolute Gasteiger partial charge is 0.237 e. The van der Waals surface area contributed by atoms with Gasteiger partial charge in [-0.3, -0.25) is 4.79 Å². The standard InChI is InChI=1S/C14H19NO3S/c1-2-18-12-6-5-11(8-10(12)9-16)15-14(17)13-4-3-7-19-13/h5-6,8,13,16H,2-4,7,9H2,1H3,(H,15,17). The molecule has 0 bridgehead atoms. The van der Waals surface area contributed by atoms with Gasteiger partial charge in [-0.1, -0.05) is 0 Å². The summed E-state index contributed by atoms with van der Waals surface area (Å²) in [6, 6.07) is 5.36. The molecule has 1 unspecified atom stereocenters. The van der Waals surface area contributed by atoms with Crippen molar-refractivity contribution in [2.45, 2.75) is 31.6 Å². The predicted molar refractivity (Wildman–Crippen MR) is 77.6 cm³/mol. The number of benzene rings is 1. The molecule has 0 aliphatic carbocycles. The van der Waals surface area contributed by atoms with Crippen LogP contribution in [0.3, 0.4) is 0 Å². The molecular weight excluding hydrogens is 262 g/mol. The zero-order valence-electron chi connectivity index (χ0n) is 11.0. The zero-order valence-corrected chi connectivity index (χ0v) is 11.8. The van der Waals surface area contributed by atoms with E-state index in [1.807, 2.05) is 13.0 Å². The van der Waals surface area contributed by atoms with E-state index in [1.165, 1.54) is 0 Å². The summed E-state index contributed by atoms with van der Waals surface area (Å²) in [5, 5.41) is 12.3. The highest BCUT2D eigenvalue weighted by Gasteiger charge is 2.23. The molecule has 0 saturated carbocycles. The van der Waals surface area contributed by atoms with Gasteiger partial charge < -0.3 is 15.2 Å². The molecule has 2 rings (SSSR count). The lowest BCUT2D eigenvalue weighted by Crippen LogP contribution is -2.22. The topological polar surface area (TPSA) is 58.6 Å². The van der Waals surface area contributed by atoms with Crippen LogP contribution in [0.4, 0.5) is 5.69 Å². The van der Waals surface area contributed by atoms with E-state index in [1.54, 1.807) is 23.9 Å². The Morgan fingerprint density at radius 3 is 3.05 bits per heavy atom. The van der Waals surface area contributed by atoms with Crippen molar-refractivity contribution in [2.24, 2.45) is 0 Å². The average molecular weight is 281 g/mol. The second-order valence-corrected chi connectivity index (χ2v) is 5.72. The van der Waals surface area contributed by atoms with Crippen molar-refractivity contribution in [3.63, 3.8) is 0 Å². The first-order chi connectivity index (χ1) is 9.24. The third-order valence-electron chi connectivity index (χ3n) is 3.02. The monoisotopic (exact) mass is 281 g/mol. The summed E-state index contributed by atoms with van der Waals surface area (Å²) in [6.45, 7) is 2.35. The van der Waals surface area contributed by atoms with Crippen LogP contribution in [0.15, 0.2) is 18.2 Å². The molecule has 0 aromatic heterocycles. The van der Waals surface area contributed by atoms with Crippen LogP contribution in [0.1, 0.15) is 25.3 Å². The fourth-order valence-electron chi connectivity index (χ4n) is 2.08. The summed E-state index contributed by atoms with van der Waals surface area (Å²) in [4.78, 5) is 12.0. The van der Waals surface area contributed by atoms with Gasteiger partial charge in [0.15, 0.2) is 0 Å². The van der Waals surface area contributed by atoms with Gasteiger partial charge in [-0.25, -0.2) is 0 Å². The van der Waals surface area contributed by atoms with Crippen molar-refractivity contribution in [1.82, 2.24) is 0 Å². The third kappa shape index (κ3) is 3.64. The first-order valence-electron chi connectivity index (χ1n) is 6.53. The lowest BCUT2D eigenvalue weighted by Gasteiger charge is -2.13. The van der Waals surface area contributed by atoms with Gasteiger partial charge in [0.1, 0.15) is 5.75 Å². The van der Waals surface area contributed by atoms with Crippen LogP contribution in [-0.4, -0.2) is 28.6 Å². The van der Waals surface area contributed by atoms with E-state index in [9.17, 15) is 9.90 Å². The number of carbonyl (C=O) groups excluding carboxylic acids is 1. The highest BCUT2D eigenvalue weighted by molar-refractivity contribution is 8.00. The Morgan fingerprint density at radius 2 is 2.42 bits per heavy atom. The minimum Gasteiger partial charge on any atom is -0.494 e. The van der Waals surface area contributed by atoms with Gasteiger partial charge in [0.2, 0.25) is 5.91 Å². The van der Waals surface area contributed by atoms with E-state index >= 15 is 0 Å². The Labute approximate surface area is 117 Å². The summed E-state index contributed by atoms with van der Waals surface area (Å²) in [5.41, 5.74) is 1.41. The normalized spacial score (nSPS) is 18.3. The molecule has 1 aromatic rings. The molecule has 0 radical (unpaired) electrons. The van der Waals surface area contributed by atoms with Crippen LogP contribution in [0.5, 0.6) is 5.75 Å². The summed E-state index contributed by atoms with van der Waals surface area (Å²) in [6.07, 6.45) is 2.05. The molecule has 1 aliphatic heterocycles. The minimum atomic E-state index is -0.1000. The number of anilines is 1. The molecule has 0 spiro atoms. The van der Waals surface area contributed by atoms with Crippen LogP contribution >= 0.6 is 11.8 Å². The molecule has 1 aliphatic rings. The Bertz CT molecular complexity index is 444. The van der Waals surface area contributed by atoms with Crippen LogP contribution in [0.25, 0.3) is 0 Å². The number of hydrogen-bond donors (Lipinski definition) is 2. The first kappa shape index (κ1) is 14.2. The van der Waals surface area contributed by atoms with Crippen molar-refractivity contribution in [2.75, 3.05) is 17.7 Å². The molecule has 1 atom stereocenters. The van der Waals surface area contributed by atoms with Crippen molar-refractivity contribution in [1.29, 1.82) is 0 Å². The minimum absolute atomic E-state index is 0.0514. The maximum Gasteiger partial charge on any atom is 0.237 e. The van der Waals surface area contributed by atoms with Crippen LogP contribution in [-0.2, 0) is 11.4 Å². The number of carbonyl (C=O) groups is 1. The lowest BCUT2D eigenvalue weighted by molar-refractivity contribution is -0.115. The van der Waals surface area contributed by atoms with E-state index in [0.29, 0.717) is 23.6 Å². The van der Waals surface area contributed by atoms with Crippen LogP contribution in [0, 0.1) is 0 Å². The quantitative estimate of drug-likeness (QED) is 0.870. The van der Waals surface area contributed by atoms with Gasteiger partial charge in [-0.15, -0.1) is 11.8 Å². The highest BCUT2D eigenvalue weighted by atomic mass is 32.2. The maximum atomic E-state index is 12.0. The van der Waals surface area contributed by atoms with Crippen molar-refractivity contribution >= 4 is 23.4 Å². The van der Waals surface area contributed by atoms with Crippen molar-refractivity contribution in [3.8, 4) is 5.75 Å². The van der Waals surface area contributed by atoms with Crippen LogP contribution in [0.2, 0.25) is 0 Å². The summed E-state index contributed by atoms with van der Waals surface area (Å²) in [5.74, 6) is 1.78. The molecule has 5 heteroatoms. The molecule has 1 fully saturated rings. The molecule has 19 heavy (non-hydrogen) atoms. The highest BCUT2D eigenvalue weighted by Crippen LogP contribution is 2.28. The fraction of sp³-hybridized carbons (Fsp3) is 0.500. The maximum absolute atomic E-state index is 12.0. The average Bonchev–Trinajstić information content (AvgIpc) is 2.94. The molecular formula is C14H19NO3S. The van der Waals surface area contributed by atoms with E-state index < -0.39 is 0 Å². The summed E-state index contributed by atoms with van der Waals surface area (Å²) >= 11 is 1.70.